The monoisotopic (exact) mass is 258 g/mol. The molecule has 0 amide bonds. The van der Waals surface area contributed by atoms with Gasteiger partial charge in [0.2, 0.25) is 9.04 Å². The molecule has 0 atom stereocenters. The molecule has 1 nitrogen and oxygen atoms in total. The van der Waals surface area contributed by atoms with Crippen molar-refractivity contribution in [3.63, 3.8) is 0 Å². The predicted octanol–water partition coefficient (Wildman–Crippen LogP) is 1.52. The van der Waals surface area contributed by atoms with E-state index in [1.54, 1.807) is 0 Å². The summed E-state index contributed by atoms with van der Waals surface area (Å²) in [5.41, 5.74) is 0. The number of hydrogen-bond donors (Lipinski definition) is 0. The van der Waals surface area contributed by atoms with Gasteiger partial charge in [-0.3, -0.25) is 0 Å². The summed E-state index contributed by atoms with van der Waals surface area (Å²) in [6.07, 6.45) is 0. The van der Waals surface area contributed by atoms with E-state index < -0.39 is 18.1 Å². The quantitative estimate of drug-likeness (QED) is 0.756. The number of benzene rings is 2. The van der Waals surface area contributed by atoms with E-state index in [1.165, 1.54) is 10.4 Å². The standard InChI is InChI=1S/C14H18OSi2/c1-16(2)15-17(13-9-5-3-6-10-13)14-11-7-4-8-12-14/h3-12,16-17H,1-2H3. The van der Waals surface area contributed by atoms with Crippen LogP contribution in [0, 0.1) is 0 Å². The zero-order valence-electron chi connectivity index (χ0n) is 10.3. The van der Waals surface area contributed by atoms with Crippen LogP contribution in [0.15, 0.2) is 60.7 Å². The molecule has 0 unspecified atom stereocenters. The van der Waals surface area contributed by atoms with Crippen LogP contribution in [0.1, 0.15) is 0 Å². The van der Waals surface area contributed by atoms with Crippen molar-refractivity contribution in [2.45, 2.75) is 13.1 Å². The van der Waals surface area contributed by atoms with Crippen molar-refractivity contribution >= 4 is 28.5 Å². The molecule has 0 aromatic heterocycles. The maximum Gasteiger partial charge on any atom is 0.228 e. The Morgan fingerprint density at radius 2 is 1.12 bits per heavy atom. The smallest absolute Gasteiger partial charge is 0.228 e. The first kappa shape index (κ1) is 12.3. The van der Waals surface area contributed by atoms with Gasteiger partial charge in [0.25, 0.3) is 0 Å². The summed E-state index contributed by atoms with van der Waals surface area (Å²) < 4.78 is 6.30. The molecule has 2 rings (SSSR count). The summed E-state index contributed by atoms with van der Waals surface area (Å²) in [5, 5.41) is 2.75. The molecule has 0 saturated carbocycles. The molecule has 3 heteroatoms. The van der Waals surface area contributed by atoms with Gasteiger partial charge in [0.05, 0.1) is 0 Å². The Hall–Kier alpha value is -1.17. The van der Waals surface area contributed by atoms with Crippen LogP contribution in [0.3, 0.4) is 0 Å². The lowest BCUT2D eigenvalue weighted by Gasteiger charge is -2.19. The highest BCUT2D eigenvalue weighted by Crippen LogP contribution is 1.96. The molecular weight excluding hydrogens is 240 g/mol. The normalized spacial score (nSPS) is 11.1. The molecule has 0 aliphatic rings. The summed E-state index contributed by atoms with van der Waals surface area (Å²) in [4.78, 5) is 0. The Morgan fingerprint density at radius 1 is 0.706 bits per heavy atom. The maximum absolute atomic E-state index is 6.30. The number of hydrogen-bond acceptors (Lipinski definition) is 1. The predicted molar refractivity (Wildman–Crippen MR) is 79.3 cm³/mol. The van der Waals surface area contributed by atoms with Crippen molar-refractivity contribution in [3.05, 3.63) is 60.7 Å². The Morgan fingerprint density at radius 3 is 1.47 bits per heavy atom. The van der Waals surface area contributed by atoms with Gasteiger partial charge in [0.15, 0.2) is 9.04 Å². The van der Waals surface area contributed by atoms with Crippen molar-refractivity contribution in [2.75, 3.05) is 0 Å². The van der Waals surface area contributed by atoms with Crippen molar-refractivity contribution in [1.82, 2.24) is 0 Å². The van der Waals surface area contributed by atoms with Gasteiger partial charge >= 0.3 is 0 Å². The lowest BCUT2D eigenvalue weighted by molar-refractivity contribution is 0.620. The molecule has 0 aliphatic heterocycles. The van der Waals surface area contributed by atoms with Crippen LogP contribution < -0.4 is 10.4 Å². The largest absolute Gasteiger partial charge is 0.454 e. The topological polar surface area (TPSA) is 9.23 Å². The second-order valence-corrected chi connectivity index (χ2v) is 9.67. The molecule has 17 heavy (non-hydrogen) atoms. The average molecular weight is 258 g/mol. The fraction of sp³-hybridized carbons (Fsp3) is 0.143. The minimum absolute atomic E-state index is 1.01. The minimum atomic E-state index is -1.45. The Kier molecular flexibility index (Phi) is 4.31. The zero-order chi connectivity index (χ0) is 12.1. The highest BCUT2D eigenvalue weighted by Gasteiger charge is 2.18. The summed E-state index contributed by atoms with van der Waals surface area (Å²) >= 11 is 0. The fourth-order valence-corrected chi connectivity index (χ4v) is 6.84. The van der Waals surface area contributed by atoms with Gasteiger partial charge in [-0.05, 0) is 23.5 Å². The van der Waals surface area contributed by atoms with Crippen molar-refractivity contribution in [3.8, 4) is 0 Å². The van der Waals surface area contributed by atoms with E-state index in [1.807, 2.05) is 0 Å². The fourth-order valence-electron chi connectivity index (χ4n) is 1.88. The first-order chi connectivity index (χ1) is 8.27. The Labute approximate surface area is 107 Å². The minimum Gasteiger partial charge on any atom is -0.454 e. The van der Waals surface area contributed by atoms with Crippen LogP contribution in [0.25, 0.3) is 0 Å². The third-order valence-electron chi connectivity index (χ3n) is 2.61. The lowest BCUT2D eigenvalue weighted by atomic mass is 10.4. The van der Waals surface area contributed by atoms with Gasteiger partial charge in [0, 0.05) is 0 Å². The van der Waals surface area contributed by atoms with Crippen molar-refractivity contribution in [1.29, 1.82) is 0 Å². The van der Waals surface area contributed by atoms with Crippen LogP contribution in [0.5, 0.6) is 0 Å². The second-order valence-electron chi connectivity index (χ2n) is 4.39. The summed E-state index contributed by atoms with van der Waals surface area (Å²) in [6, 6.07) is 21.3. The molecule has 2 aromatic rings. The highest BCUT2D eigenvalue weighted by atomic mass is 28.4. The molecule has 0 radical (unpaired) electrons. The molecule has 0 N–H and O–H groups in total. The molecular formula is C14H18OSi2. The molecule has 0 fully saturated rings. The SMILES string of the molecule is C[SiH](C)O[SiH](c1ccccc1)c1ccccc1. The maximum atomic E-state index is 6.30. The van der Waals surface area contributed by atoms with E-state index in [4.69, 9.17) is 4.12 Å². The van der Waals surface area contributed by atoms with Crippen molar-refractivity contribution in [2.24, 2.45) is 0 Å². The molecule has 0 heterocycles. The molecule has 88 valence electrons. The highest BCUT2D eigenvalue weighted by molar-refractivity contribution is 6.84. The van der Waals surface area contributed by atoms with E-state index >= 15 is 0 Å². The molecule has 0 saturated heterocycles. The van der Waals surface area contributed by atoms with Crippen LogP contribution in [-0.2, 0) is 4.12 Å². The third kappa shape index (κ3) is 3.39. The second kappa shape index (κ2) is 5.95. The first-order valence-electron chi connectivity index (χ1n) is 6.02. The van der Waals surface area contributed by atoms with Gasteiger partial charge in [-0.15, -0.1) is 0 Å². The van der Waals surface area contributed by atoms with Gasteiger partial charge < -0.3 is 4.12 Å². The van der Waals surface area contributed by atoms with Gasteiger partial charge in [0.1, 0.15) is 0 Å². The molecule has 0 aliphatic carbocycles. The molecule has 0 spiro atoms. The molecule has 0 bridgehead atoms. The summed E-state index contributed by atoms with van der Waals surface area (Å²) in [5.74, 6) is 0. The third-order valence-corrected chi connectivity index (χ3v) is 7.86. The van der Waals surface area contributed by atoms with Crippen LogP contribution in [0.2, 0.25) is 13.1 Å². The summed E-state index contributed by atoms with van der Waals surface area (Å²) in [6.45, 7) is 4.48. The van der Waals surface area contributed by atoms with E-state index in [-0.39, 0.29) is 0 Å². The summed E-state index contributed by atoms with van der Waals surface area (Å²) in [7, 11) is -2.45. The van der Waals surface area contributed by atoms with Gasteiger partial charge in [-0.25, -0.2) is 0 Å². The number of rotatable bonds is 4. The Balaban J connectivity index is 2.32. The van der Waals surface area contributed by atoms with E-state index in [2.05, 4.69) is 73.8 Å². The van der Waals surface area contributed by atoms with Crippen LogP contribution in [0.4, 0.5) is 0 Å². The van der Waals surface area contributed by atoms with E-state index in [0.29, 0.717) is 0 Å². The molecule has 2 aromatic carbocycles. The van der Waals surface area contributed by atoms with Gasteiger partial charge in [-0.1, -0.05) is 60.7 Å². The van der Waals surface area contributed by atoms with Crippen molar-refractivity contribution < 1.29 is 4.12 Å². The van der Waals surface area contributed by atoms with Gasteiger partial charge in [-0.2, -0.15) is 0 Å². The Bertz CT molecular complexity index is 403. The van der Waals surface area contributed by atoms with Crippen LogP contribution >= 0.6 is 0 Å². The zero-order valence-corrected chi connectivity index (χ0v) is 12.6. The van der Waals surface area contributed by atoms with E-state index in [0.717, 1.165) is 0 Å². The lowest BCUT2D eigenvalue weighted by Crippen LogP contribution is -2.47. The first-order valence-corrected chi connectivity index (χ1v) is 10.4. The van der Waals surface area contributed by atoms with E-state index in [9.17, 15) is 0 Å². The average Bonchev–Trinajstić information content (AvgIpc) is 2.38. The van der Waals surface area contributed by atoms with Crippen LogP contribution in [-0.4, -0.2) is 18.1 Å².